The molecule has 7 nitrogen and oxygen atoms in total. The van der Waals surface area contributed by atoms with Crippen LogP contribution in [0.2, 0.25) is 0 Å². The molecule has 0 radical (unpaired) electrons. The summed E-state index contributed by atoms with van der Waals surface area (Å²) in [6, 6.07) is 9.07. The van der Waals surface area contributed by atoms with Crippen LogP contribution in [0.5, 0.6) is 17.2 Å². The summed E-state index contributed by atoms with van der Waals surface area (Å²) in [4.78, 5) is 23.9. The first-order chi connectivity index (χ1) is 14.5. The Morgan fingerprint density at radius 3 is 2.50 bits per heavy atom. The number of hydrogen-bond acceptors (Lipinski definition) is 7. The molecule has 2 aromatic carbocycles. The Balaban J connectivity index is 1.92. The monoisotopic (exact) mass is 414 g/mol. The summed E-state index contributed by atoms with van der Waals surface area (Å²) in [5.74, 6) is 0.627. The van der Waals surface area contributed by atoms with E-state index in [4.69, 9.17) is 23.7 Å². The minimum absolute atomic E-state index is 0.109. The second kappa shape index (κ2) is 9.52. The largest absolute Gasteiger partial charge is 0.493 e. The predicted octanol–water partition coefficient (Wildman–Crippen LogP) is 4.01. The molecule has 0 saturated heterocycles. The average Bonchev–Trinajstić information content (AvgIpc) is 3.16. The maximum atomic E-state index is 12.0. The summed E-state index contributed by atoms with van der Waals surface area (Å²) < 4.78 is 27.4. The van der Waals surface area contributed by atoms with Gasteiger partial charge in [-0.05, 0) is 30.2 Å². The van der Waals surface area contributed by atoms with Crippen molar-refractivity contribution in [1.82, 2.24) is 0 Å². The highest BCUT2D eigenvalue weighted by molar-refractivity contribution is 5.96. The lowest BCUT2D eigenvalue weighted by atomic mass is 9.95. The minimum Gasteiger partial charge on any atom is -0.493 e. The molecule has 7 heteroatoms. The van der Waals surface area contributed by atoms with Crippen LogP contribution in [-0.4, -0.2) is 39.4 Å². The summed E-state index contributed by atoms with van der Waals surface area (Å²) in [6.45, 7) is 4.21. The number of rotatable bonds is 9. The van der Waals surface area contributed by atoms with Crippen molar-refractivity contribution in [3.8, 4) is 28.4 Å². The first-order valence-corrected chi connectivity index (χ1v) is 9.85. The molecule has 0 saturated carbocycles. The Bertz CT molecular complexity index is 935. The molecule has 1 aliphatic rings. The highest BCUT2D eigenvalue weighted by Crippen LogP contribution is 2.46. The fraction of sp³-hybridized carbons (Fsp3) is 0.391. The number of cyclic esters (lactones) is 1. The second-order valence-electron chi connectivity index (χ2n) is 6.91. The van der Waals surface area contributed by atoms with Crippen molar-refractivity contribution in [3.63, 3.8) is 0 Å². The van der Waals surface area contributed by atoms with Crippen LogP contribution in [0.4, 0.5) is 0 Å². The number of fused-ring (bicyclic) bond motifs is 1. The van der Waals surface area contributed by atoms with E-state index in [9.17, 15) is 9.59 Å². The van der Waals surface area contributed by atoms with Crippen LogP contribution in [0.1, 0.15) is 36.2 Å². The second-order valence-corrected chi connectivity index (χ2v) is 6.91. The molecule has 3 rings (SSSR count). The highest BCUT2D eigenvalue weighted by atomic mass is 16.6. The molecule has 1 aliphatic heterocycles. The molecule has 1 heterocycles. The number of hydrogen-bond donors (Lipinski definition) is 0. The number of esters is 2. The summed E-state index contributed by atoms with van der Waals surface area (Å²) in [7, 11) is 3.07. The first kappa shape index (κ1) is 21.5. The van der Waals surface area contributed by atoms with Gasteiger partial charge in [-0.3, -0.25) is 4.79 Å². The van der Waals surface area contributed by atoms with E-state index in [-0.39, 0.29) is 37.7 Å². The molecule has 0 N–H and O–H groups in total. The van der Waals surface area contributed by atoms with Crippen molar-refractivity contribution < 1.29 is 33.3 Å². The van der Waals surface area contributed by atoms with Crippen molar-refractivity contribution in [2.24, 2.45) is 5.92 Å². The van der Waals surface area contributed by atoms with E-state index in [1.54, 1.807) is 25.3 Å². The van der Waals surface area contributed by atoms with Crippen molar-refractivity contribution in [1.29, 1.82) is 0 Å². The summed E-state index contributed by atoms with van der Waals surface area (Å²) in [5, 5.41) is 0. The van der Waals surface area contributed by atoms with Gasteiger partial charge in [0.15, 0.2) is 11.5 Å². The molecule has 1 atom stereocenters. The average molecular weight is 414 g/mol. The molecule has 0 aliphatic carbocycles. The van der Waals surface area contributed by atoms with Gasteiger partial charge in [0, 0.05) is 11.1 Å². The van der Waals surface area contributed by atoms with Crippen LogP contribution < -0.4 is 14.2 Å². The molecule has 2 aromatic rings. The lowest BCUT2D eigenvalue weighted by molar-refractivity contribution is -0.148. The van der Waals surface area contributed by atoms with E-state index in [0.29, 0.717) is 29.2 Å². The lowest BCUT2D eigenvalue weighted by Crippen LogP contribution is -2.18. The predicted molar refractivity (Wildman–Crippen MR) is 110 cm³/mol. The molecular formula is C23H26O7. The summed E-state index contributed by atoms with van der Waals surface area (Å²) >= 11 is 0. The zero-order valence-corrected chi connectivity index (χ0v) is 17.7. The molecule has 160 valence electrons. The molecule has 0 spiro atoms. The maximum absolute atomic E-state index is 12.0. The van der Waals surface area contributed by atoms with E-state index >= 15 is 0 Å². The van der Waals surface area contributed by atoms with Gasteiger partial charge in [0.25, 0.3) is 0 Å². The van der Waals surface area contributed by atoms with E-state index in [2.05, 4.69) is 0 Å². The Labute approximate surface area is 175 Å². The van der Waals surface area contributed by atoms with Gasteiger partial charge < -0.3 is 23.7 Å². The Kier molecular flexibility index (Phi) is 6.82. The lowest BCUT2D eigenvalue weighted by Gasteiger charge is -2.19. The fourth-order valence-corrected chi connectivity index (χ4v) is 3.25. The third-order valence-electron chi connectivity index (χ3n) is 5.12. The van der Waals surface area contributed by atoms with Gasteiger partial charge in [-0.15, -0.1) is 0 Å². The van der Waals surface area contributed by atoms with Crippen LogP contribution in [0, 0.1) is 5.92 Å². The van der Waals surface area contributed by atoms with E-state index in [1.165, 1.54) is 7.11 Å². The zero-order valence-electron chi connectivity index (χ0n) is 17.7. The Morgan fingerprint density at radius 1 is 1.03 bits per heavy atom. The molecule has 30 heavy (non-hydrogen) atoms. The van der Waals surface area contributed by atoms with Gasteiger partial charge in [0.05, 0.1) is 25.7 Å². The van der Waals surface area contributed by atoms with Gasteiger partial charge in [-0.25, -0.2) is 4.79 Å². The van der Waals surface area contributed by atoms with Crippen LogP contribution in [0.15, 0.2) is 30.3 Å². The van der Waals surface area contributed by atoms with Crippen LogP contribution in [0.25, 0.3) is 11.1 Å². The normalized spacial score (nSPS) is 13.3. The SMILES string of the molecule is CCC(C)C(=O)OCCOc1c(-c2cccc3c2COC3=O)ccc(OC)c1OC. The van der Waals surface area contributed by atoms with Crippen molar-refractivity contribution in [2.75, 3.05) is 27.4 Å². The number of carbonyl (C=O) groups is 2. The third kappa shape index (κ3) is 4.20. The standard InChI is InChI=1S/C23H26O7/c1-5-14(2)22(24)29-12-11-28-20-16(9-10-19(26-3)21(20)27-4)15-7-6-8-17-18(15)13-30-23(17)25/h6-10,14H,5,11-13H2,1-4H3. The molecule has 1 unspecified atom stereocenters. The topological polar surface area (TPSA) is 80.3 Å². The summed E-state index contributed by atoms with van der Waals surface area (Å²) in [5.41, 5.74) is 2.88. The Hall–Kier alpha value is -3.22. The van der Waals surface area contributed by atoms with Gasteiger partial charge in [-0.2, -0.15) is 0 Å². The number of ether oxygens (including phenoxy) is 5. The quantitative estimate of drug-likeness (QED) is 0.453. The van der Waals surface area contributed by atoms with Gasteiger partial charge >= 0.3 is 11.9 Å². The molecule has 0 aromatic heterocycles. The van der Waals surface area contributed by atoms with Gasteiger partial charge in [0.2, 0.25) is 5.75 Å². The summed E-state index contributed by atoms with van der Waals surface area (Å²) in [6.07, 6.45) is 0.716. The molecular weight excluding hydrogens is 388 g/mol. The smallest absolute Gasteiger partial charge is 0.338 e. The number of benzene rings is 2. The first-order valence-electron chi connectivity index (χ1n) is 9.85. The van der Waals surface area contributed by atoms with Crippen LogP contribution in [0.3, 0.4) is 0 Å². The number of methoxy groups -OCH3 is 2. The van der Waals surface area contributed by atoms with Crippen LogP contribution >= 0.6 is 0 Å². The molecule has 0 bridgehead atoms. The van der Waals surface area contributed by atoms with Crippen molar-refractivity contribution in [3.05, 3.63) is 41.5 Å². The maximum Gasteiger partial charge on any atom is 0.338 e. The minimum atomic E-state index is -0.341. The fourth-order valence-electron chi connectivity index (χ4n) is 3.25. The zero-order chi connectivity index (χ0) is 21.7. The number of carbonyl (C=O) groups excluding carboxylic acids is 2. The third-order valence-corrected chi connectivity index (χ3v) is 5.12. The van der Waals surface area contributed by atoms with Crippen molar-refractivity contribution >= 4 is 11.9 Å². The van der Waals surface area contributed by atoms with Gasteiger partial charge in [0.1, 0.15) is 19.8 Å². The highest BCUT2D eigenvalue weighted by Gasteiger charge is 2.27. The Morgan fingerprint density at radius 2 is 1.80 bits per heavy atom. The van der Waals surface area contributed by atoms with E-state index < -0.39 is 0 Å². The van der Waals surface area contributed by atoms with E-state index in [0.717, 1.165) is 16.7 Å². The van der Waals surface area contributed by atoms with Crippen LogP contribution in [-0.2, 0) is 20.9 Å². The van der Waals surface area contributed by atoms with Crippen molar-refractivity contribution in [2.45, 2.75) is 26.9 Å². The molecule has 0 amide bonds. The van der Waals surface area contributed by atoms with Gasteiger partial charge in [-0.1, -0.05) is 26.0 Å². The molecule has 0 fully saturated rings. The van der Waals surface area contributed by atoms with E-state index in [1.807, 2.05) is 26.0 Å².